The van der Waals surface area contributed by atoms with Crippen LogP contribution >= 0.6 is 0 Å². The molecule has 3 N–H and O–H groups in total. The van der Waals surface area contributed by atoms with Gasteiger partial charge in [-0.1, -0.05) is 42.5 Å². The van der Waals surface area contributed by atoms with Crippen molar-refractivity contribution >= 4 is 5.69 Å². The van der Waals surface area contributed by atoms with Gasteiger partial charge in [-0.25, -0.2) is 0 Å². The molecule has 0 aliphatic rings. The fraction of sp³-hybridized carbons (Fsp3) is 0.0526. The van der Waals surface area contributed by atoms with Gasteiger partial charge in [0.2, 0.25) is 0 Å². The van der Waals surface area contributed by atoms with E-state index < -0.39 is 0 Å². The van der Waals surface area contributed by atoms with Gasteiger partial charge in [0.05, 0.1) is 7.11 Å². The third-order valence-electron chi connectivity index (χ3n) is 3.66. The van der Waals surface area contributed by atoms with Crippen molar-refractivity contribution in [1.82, 2.24) is 0 Å². The van der Waals surface area contributed by atoms with Crippen molar-refractivity contribution in [3.05, 3.63) is 66.7 Å². The second-order valence-corrected chi connectivity index (χ2v) is 5.02. The Morgan fingerprint density at radius 2 is 1.64 bits per heavy atom. The summed E-state index contributed by atoms with van der Waals surface area (Å²) in [5.74, 6) is 0.756. The molecule has 0 amide bonds. The van der Waals surface area contributed by atoms with E-state index in [0.717, 1.165) is 16.7 Å². The van der Waals surface area contributed by atoms with Crippen LogP contribution in [-0.2, 0) is 0 Å². The summed E-state index contributed by atoms with van der Waals surface area (Å²) in [5, 5.41) is 10.3. The van der Waals surface area contributed by atoms with E-state index in [2.05, 4.69) is 0 Å². The molecule has 3 rings (SSSR count). The highest BCUT2D eigenvalue weighted by atomic mass is 16.5. The van der Waals surface area contributed by atoms with E-state index in [4.69, 9.17) is 10.5 Å². The van der Waals surface area contributed by atoms with Crippen molar-refractivity contribution in [2.45, 2.75) is 0 Å². The first kappa shape index (κ1) is 14.0. The van der Waals surface area contributed by atoms with E-state index >= 15 is 0 Å². The van der Waals surface area contributed by atoms with Gasteiger partial charge in [0.25, 0.3) is 0 Å². The molecule has 0 atom stereocenters. The monoisotopic (exact) mass is 291 g/mol. The Hall–Kier alpha value is -2.94. The molecular formula is C19H17NO2. The molecule has 3 aromatic carbocycles. The van der Waals surface area contributed by atoms with Gasteiger partial charge in [-0.3, -0.25) is 0 Å². The lowest BCUT2D eigenvalue weighted by Gasteiger charge is -2.15. The number of rotatable bonds is 3. The third-order valence-corrected chi connectivity index (χ3v) is 3.66. The van der Waals surface area contributed by atoms with Crippen molar-refractivity contribution in [3.63, 3.8) is 0 Å². The molecule has 3 nitrogen and oxygen atoms in total. The molecule has 0 unspecified atom stereocenters. The van der Waals surface area contributed by atoms with Gasteiger partial charge in [0.15, 0.2) is 0 Å². The number of nitrogens with two attached hydrogens (primary N) is 1. The predicted molar refractivity (Wildman–Crippen MR) is 89.9 cm³/mol. The molecule has 110 valence electrons. The number of ether oxygens (including phenoxy) is 1. The zero-order chi connectivity index (χ0) is 15.5. The van der Waals surface area contributed by atoms with Crippen molar-refractivity contribution in [3.8, 4) is 33.8 Å². The van der Waals surface area contributed by atoms with Crippen LogP contribution in [0.4, 0.5) is 5.69 Å². The largest absolute Gasteiger partial charge is 0.507 e. The van der Waals surface area contributed by atoms with Crippen LogP contribution in [0.3, 0.4) is 0 Å². The second-order valence-electron chi connectivity index (χ2n) is 5.02. The number of phenolic OH excluding ortho intramolecular Hbond substituents is 1. The Morgan fingerprint density at radius 3 is 2.32 bits per heavy atom. The van der Waals surface area contributed by atoms with Crippen LogP contribution in [0.1, 0.15) is 0 Å². The molecule has 0 aromatic heterocycles. The molecule has 3 aromatic rings. The number of anilines is 1. The summed E-state index contributed by atoms with van der Waals surface area (Å²) in [5.41, 5.74) is 10.4. The Balaban J connectivity index is 2.23. The van der Waals surface area contributed by atoms with Crippen molar-refractivity contribution < 1.29 is 9.84 Å². The lowest BCUT2D eigenvalue weighted by molar-refractivity contribution is 0.408. The number of phenols is 1. The van der Waals surface area contributed by atoms with Crippen LogP contribution in [0.25, 0.3) is 22.3 Å². The van der Waals surface area contributed by atoms with Crippen LogP contribution in [-0.4, -0.2) is 12.2 Å². The van der Waals surface area contributed by atoms with Crippen LogP contribution in [0.5, 0.6) is 11.5 Å². The molecule has 0 fully saturated rings. The first-order valence-electron chi connectivity index (χ1n) is 7.02. The molecule has 0 heterocycles. The standard InChI is InChI=1S/C19H17NO2/c1-22-14-10-11-16(18(21)12-14)19-15(8-5-9-17(19)20)13-6-3-2-4-7-13/h2-12,21H,20H2,1H3. The Labute approximate surface area is 129 Å². The molecule has 0 radical (unpaired) electrons. The number of hydrogen-bond acceptors (Lipinski definition) is 3. The summed E-state index contributed by atoms with van der Waals surface area (Å²) in [6, 6.07) is 21.0. The van der Waals surface area contributed by atoms with E-state index in [0.29, 0.717) is 17.0 Å². The van der Waals surface area contributed by atoms with Crippen molar-refractivity contribution in [2.24, 2.45) is 0 Å². The predicted octanol–water partition coefficient (Wildman–Crippen LogP) is 4.32. The molecule has 0 aliphatic carbocycles. The van der Waals surface area contributed by atoms with Gasteiger partial charge >= 0.3 is 0 Å². The average molecular weight is 291 g/mol. The number of aromatic hydroxyl groups is 1. The number of hydrogen-bond donors (Lipinski definition) is 2. The van der Waals surface area contributed by atoms with E-state index in [1.165, 1.54) is 0 Å². The zero-order valence-electron chi connectivity index (χ0n) is 12.3. The van der Waals surface area contributed by atoms with Gasteiger partial charge in [0.1, 0.15) is 11.5 Å². The maximum atomic E-state index is 10.3. The van der Waals surface area contributed by atoms with Crippen LogP contribution in [0, 0.1) is 0 Å². The Morgan fingerprint density at radius 1 is 0.864 bits per heavy atom. The Bertz CT molecular complexity index is 798. The smallest absolute Gasteiger partial charge is 0.127 e. The summed E-state index contributed by atoms with van der Waals surface area (Å²) in [6.45, 7) is 0. The zero-order valence-corrected chi connectivity index (χ0v) is 12.3. The molecular weight excluding hydrogens is 274 g/mol. The van der Waals surface area contributed by atoms with Crippen LogP contribution in [0.2, 0.25) is 0 Å². The number of methoxy groups -OCH3 is 1. The summed E-state index contributed by atoms with van der Waals surface area (Å²) in [4.78, 5) is 0. The number of benzene rings is 3. The van der Waals surface area contributed by atoms with Crippen LogP contribution < -0.4 is 10.5 Å². The summed E-state index contributed by atoms with van der Waals surface area (Å²) >= 11 is 0. The lowest BCUT2D eigenvalue weighted by atomic mass is 9.92. The first-order chi connectivity index (χ1) is 10.7. The Kier molecular flexibility index (Phi) is 3.71. The van der Waals surface area contributed by atoms with Gasteiger partial charge in [-0.15, -0.1) is 0 Å². The third kappa shape index (κ3) is 2.49. The molecule has 0 aliphatic heterocycles. The van der Waals surface area contributed by atoms with Crippen LogP contribution in [0.15, 0.2) is 66.7 Å². The summed E-state index contributed by atoms with van der Waals surface area (Å²) < 4.78 is 5.14. The average Bonchev–Trinajstić information content (AvgIpc) is 2.56. The minimum atomic E-state index is 0.148. The second kappa shape index (κ2) is 5.82. The fourth-order valence-corrected chi connectivity index (χ4v) is 2.58. The first-order valence-corrected chi connectivity index (χ1v) is 7.02. The van der Waals surface area contributed by atoms with Gasteiger partial charge in [-0.05, 0) is 29.3 Å². The molecule has 0 saturated heterocycles. The van der Waals surface area contributed by atoms with E-state index in [9.17, 15) is 5.11 Å². The maximum Gasteiger partial charge on any atom is 0.127 e. The van der Waals surface area contributed by atoms with Gasteiger partial charge in [0, 0.05) is 22.9 Å². The topological polar surface area (TPSA) is 55.5 Å². The molecule has 0 spiro atoms. The normalized spacial score (nSPS) is 10.4. The van der Waals surface area contributed by atoms with E-state index in [1.807, 2.05) is 60.7 Å². The summed E-state index contributed by atoms with van der Waals surface area (Å²) in [7, 11) is 1.57. The van der Waals surface area contributed by atoms with E-state index in [1.54, 1.807) is 13.2 Å². The molecule has 3 heteroatoms. The fourth-order valence-electron chi connectivity index (χ4n) is 2.58. The lowest BCUT2D eigenvalue weighted by Crippen LogP contribution is -1.94. The highest BCUT2D eigenvalue weighted by Gasteiger charge is 2.14. The number of nitrogen functional groups attached to an aromatic ring is 1. The quantitative estimate of drug-likeness (QED) is 0.707. The van der Waals surface area contributed by atoms with Crippen molar-refractivity contribution in [2.75, 3.05) is 12.8 Å². The molecule has 0 bridgehead atoms. The SMILES string of the molecule is COc1ccc(-c2c(N)cccc2-c2ccccc2)c(O)c1. The van der Waals surface area contributed by atoms with E-state index in [-0.39, 0.29) is 5.75 Å². The molecule has 0 saturated carbocycles. The highest BCUT2D eigenvalue weighted by Crippen LogP contribution is 2.41. The maximum absolute atomic E-state index is 10.3. The summed E-state index contributed by atoms with van der Waals surface area (Å²) in [6.07, 6.45) is 0. The molecule has 22 heavy (non-hydrogen) atoms. The van der Waals surface area contributed by atoms with Gasteiger partial charge in [-0.2, -0.15) is 0 Å². The van der Waals surface area contributed by atoms with Crippen molar-refractivity contribution in [1.29, 1.82) is 0 Å². The minimum Gasteiger partial charge on any atom is -0.507 e. The minimum absolute atomic E-state index is 0.148. The van der Waals surface area contributed by atoms with Gasteiger partial charge < -0.3 is 15.6 Å². The highest BCUT2D eigenvalue weighted by molar-refractivity contribution is 5.93.